The van der Waals surface area contributed by atoms with Crippen LogP contribution in [0.3, 0.4) is 0 Å². The lowest BCUT2D eigenvalue weighted by atomic mass is 10.1. The van der Waals surface area contributed by atoms with E-state index in [1.54, 1.807) is 6.20 Å². The molecule has 1 aromatic carbocycles. The molecule has 0 saturated carbocycles. The lowest BCUT2D eigenvalue weighted by Crippen LogP contribution is -2.06. The second kappa shape index (κ2) is 5.22. The molecule has 0 spiro atoms. The zero-order valence-electron chi connectivity index (χ0n) is 10.7. The molecule has 5 heteroatoms. The maximum atomic E-state index is 10.0. The first-order valence-electron chi connectivity index (χ1n) is 6.18. The summed E-state index contributed by atoms with van der Waals surface area (Å²) in [6, 6.07) is 10.4. The minimum Gasteiger partial charge on any atom is -0.506 e. The molecule has 102 valence electrons. The van der Waals surface area contributed by atoms with Crippen LogP contribution in [-0.2, 0) is 0 Å². The lowest BCUT2D eigenvalue weighted by molar-refractivity contribution is 0.479. The molecule has 0 bridgehead atoms. The number of hydrogen-bond donors (Lipinski definition) is 1. The van der Waals surface area contributed by atoms with Crippen molar-refractivity contribution in [2.24, 2.45) is 0 Å². The van der Waals surface area contributed by atoms with Gasteiger partial charge in [0.1, 0.15) is 10.4 Å². The van der Waals surface area contributed by atoms with E-state index >= 15 is 0 Å². The van der Waals surface area contributed by atoms with Gasteiger partial charge in [0, 0.05) is 0 Å². The summed E-state index contributed by atoms with van der Waals surface area (Å²) in [6.45, 7) is 2.12. The van der Waals surface area contributed by atoms with Gasteiger partial charge in [-0.05, 0) is 44.3 Å². The van der Waals surface area contributed by atoms with Gasteiger partial charge in [0.05, 0.1) is 33.8 Å². The highest BCUT2D eigenvalue weighted by Gasteiger charge is 2.20. The number of hydrogen-bond acceptors (Lipinski definition) is 2. The summed E-state index contributed by atoms with van der Waals surface area (Å²) in [7, 11) is 0. The molecule has 3 nitrogen and oxygen atoms in total. The maximum absolute atomic E-state index is 10.0. The summed E-state index contributed by atoms with van der Waals surface area (Å²) in [4.78, 5) is 4.09. The SMILES string of the molecule is C[C@@H](c1ccccc1)n1c(Br)c(Br)c2c(O)cncc21. The summed E-state index contributed by atoms with van der Waals surface area (Å²) in [5.74, 6) is 0.175. The number of halogens is 2. The first-order valence-corrected chi connectivity index (χ1v) is 7.76. The van der Waals surface area contributed by atoms with Gasteiger partial charge >= 0.3 is 0 Å². The van der Waals surface area contributed by atoms with Gasteiger partial charge in [-0.25, -0.2) is 0 Å². The fourth-order valence-corrected chi connectivity index (χ4v) is 3.71. The van der Waals surface area contributed by atoms with Crippen molar-refractivity contribution in [2.75, 3.05) is 0 Å². The molecule has 2 heterocycles. The number of aromatic hydroxyl groups is 1. The van der Waals surface area contributed by atoms with Crippen LogP contribution in [0.2, 0.25) is 0 Å². The smallest absolute Gasteiger partial charge is 0.144 e. The van der Waals surface area contributed by atoms with Crippen LogP contribution in [0, 0.1) is 0 Å². The van der Waals surface area contributed by atoms with Crippen LogP contribution >= 0.6 is 31.9 Å². The van der Waals surface area contributed by atoms with E-state index in [0.717, 1.165) is 20.0 Å². The third-order valence-corrected chi connectivity index (χ3v) is 5.53. The Hall–Kier alpha value is -1.33. The Kier molecular flexibility index (Phi) is 3.56. The van der Waals surface area contributed by atoms with Crippen LogP contribution in [0.1, 0.15) is 18.5 Å². The molecular weight excluding hydrogens is 384 g/mol. The molecule has 1 N–H and O–H groups in total. The Morgan fingerprint density at radius 1 is 1.15 bits per heavy atom. The van der Waals surface area contributed by atoms with Gasteiger partial charge in [0.15, 0.2) is 0 Å². The Morgan fingerprint density at radius 2 is 1.85 bits per heavy atom. The molecule has 1 atom stereocenters. The van der Waals surface area contributed by atoms with Gasteiger partial charge in [-0.2, -0.15) is 0 Å². The second-order valence-corrected chi connectivity index (χ2v) is 6.16. The van der Waals surface area contributed by atoms with Gasteiger partial charge in [-0.1, -0.05) is 30.3 Å². The largest absolute Gasteiger partial charge is 0.506 e. The highest BCUT2D eigenvalue weighted by Crippen LogP contribution is 2.41. The zero-order chi connectivity index (χ0) is 14.3. The van der Waals surface area contributed by atoms with E-state index < -0.39 is 0 Å². The van der Waals surface area contributed by atoms with E-state index in [4.69, 9.17) is 0 Å². The Bertz CT molecular complexity index is 768. The van der Waals surface area contributed by atoms with Crippen LogP contribution in [0.25, 0.3) is 10.9 Å². The van der Waals surface area contributed by atoms with Gasteiger partial charge < -0.3 is 9.67 Å². The third kappa shape index (κ3) is 2.05. The van der Waals surface area contributed by atoms with Crippen molar-refractivity contribution >= 4 is 42.8 Å². The molecule has 0 aliphatic heterocycles. The van der Waals surface area contributed by atoms with E-state index in [0.29, 0.717) is 0 Å². The molecule has 0 saturated heterocycles. The van der Waals surface area contributed by atoms with E-state index in [9.17, 15) is 5.11 Å². The van der Waals surface area contributed by atoms with Crippen molar-refractivity contribution in [1.29, 1.82) is 0 Å². The number of nitrogens with zero attached hydrogens (tertiary/aromatic N) is 2. The Balaban J connectivity index is 2.27. The number of pyridine rings is 1. The molecule has 0 aliphatic carbocycles. The van der Waals surface area contributed by atoms with Gasteiger partial charge in [-0.3, -0.25) is 4.98 Å². The molecule has 20 heavy (non-hydrogen) atoms. The summed E-state index contributed by atoms with van der Waals surface area (Å²) in [5.41, 5.74) is 2.08. The van der Waals surface area contributed by atoms with Gasteiger partial charge in [-0.15, -0.1) is 0 Å². The Morgan fingerprint density at radius 3 is 2.55 bits per heavy atom. The fraction of sp³-hybridized carbons (Fsp3) is 0.133. The van der Waals surface area contributed by atoms with Crippen molar-refractivity contribution in [3.8, 4) is 5.75 Å². The number of fused-ring (bicyclic) bond motifs is 1. The van der Waals surface area contributed by atoms with E-state index in [-0.39, 0.29) is 11.8 Å². The molecular formula is C15H12Br2N2O. The fourth-order valence-electron chi connectivity index (χ4n) is 2.42. The summed E-state index contributed by atoms with van der Waals surface area (Å²) in [5, 5.41) is 10.8. The third-order valence-electron chi connectivity index (χ3n) is 3.45. The Labute approximate surface area is 133 Å². The van der Waals surface area contributed by atoms with Crippen LogP contribution in [-0.4, -0.2) is 14.7 Å². The zero-order valence-corrected chi connectivity index (χ0v) is 13.9. The highest BCUT2D eigenvalue weighted by molar-refractivity contribution is 9.13. The summed E-state index contributed by atoms with van der Waals surface area (Å²) in [6.07, 6.45) is 3.22. The number of rotatable bonds is 2. The average Bonchev–Trinajstić information content (AvgIpc) is 2.72. The molecule has 3 rings (SSSR count). The minimum absolute atomic E-state index is 0.128. The van der Waals surface area contributed by atoms with Crippen molar-refractivity contribution in [2.45, 2.75) is 13.0 Å². The van der Waals surface area contributed by atoms with Crippen molar-refractivity contribution in [1.82, 2.24) is 9.55 Å². The average molecular weight is 396 g/mol. The number of benzene rings is 1. The first kappa shape index (κ1) is 13.6. The lowest BCUT2D eigenvalue weighted by Gasteiger charge is -2.17. The molecule has 0 fully saturated rings. The summed E-state index contributed by atoms with van der Waals surface area (Å²) < 4.78 is 3.85. The molecule has 0 aliphatic rings. The van der Waals surface area contributed by atoms with Crippen LogP contribution in [0.4, 0.5) is 0 Å². The van der Waals surface area contributed by atoms with Crippen molar-refractivity contribution in [3.05, 3.63) is 57.4 Å². The van der Waals surface area contributed by atoms with Gasteiger partial charge in [0.2, 0.25) is 0 Å². The topological polar surface area (TPSA) is 38.0 Å². The molecule has 0 unspecified atom stereocenters. The molecule has 3 aromatic rings. The van der Waals surface area contributed by atoms with E-state index in [1.165, 1.54) is 11.8 Å². The second-order valence-electron chi connectivity index (χ2n) is 4.61. The molecule has 0 amide bonds. The monoisotopic (exact) mass is 394 g/mol. The predicted molar refractivity (Wildman–Crippen MR) is 87.1 cm³/mol. The van der Waals surface area contributed by atoms with E-state index in [1.807, 2.05) is 18.2 Å². The number of aromatic nitrogens is 2. The van der Waals surface area contributed by atoms with Crippen LogP contribution < -0.4 is 0 Å². The van der Waals surface area contributed by atoms with E-state index in [2.05, 4.69) is 60.5 Å². The van der Waals surface area contributed by atoms with Crippen molar-refractivity contribution in [3.63, 3.8) is 0 Å². The van der Waals surface area contributed by atoms with Crippen molar-refractivity contribution < 1.29 is 5.11 Å². The predicted octanol–water partition coefficient (Wildman–Crippen LogP) is 4.88. The van der Waals surface area contributed by atoms with Gasteiger partial charge in [0.25, 0.3) is 0 Å². The maximum Gasteiger partial charge on any atom is 0.144 e. The standard InChI is InChI=1S/C15H12Br2N2O/c1-9(10-5-3-2-4-6-10)19-11-7-18-8-12(20)13(11)14(16)15(19)17/h2-9,20H,1H3/t9-/m0/s1. The van der Waals surface area contributed by atoms with Crippen LogP contribution in [0.15, 0.2) is 51.8 Å². The normalized spacial score (nSPS) is 12.8. The highest BCUT2D eigenvalue weighted by atomic mass is 79.9. The van der Waals surface area contributed by atoms with Crippen LogP contribution in [0.5, 0.6) is 5.75 Å². The first-order chi connectivity index (χ1) is 9.61. The molecule has 0 radical (unpaired) electrons. The molecule has 2 aromatic heterocycles. The minimum atomic E-state index is 0.128. The summed E-state index contributed by atoms with van der Waals surface area (Å²) >= 11 is 7.14. The quantitative estimate of drug-likeness (QED) is 0.671.